The molecule has 2 aromatic rings. The number of aromatic nitrogens is 1. The zero-order valence-corrected chi connectivity index (χ0v) is 18.8. The van der Waals surface area contributed by atoms with Crippen molar-refractivity contribution in [3.63, 3.8) is 0 Å². The van der Waals surface area contributed by atoms with Crippen LogP contribution in [0.5, 0.6) is 0 Å². The van der Waals surface area contributed by atoms with E-state index in [9.17, 15) is 4.79 Å². The fraction of sp³-hybridized carbons (Fsp3) is 0.350. The molecule has 1 fully saturated rings. The summed E-state index contributed by atoms with van der Waals surface area (Å²) in [4.78, 5) is 20.4. The van der Waals surface area contributed by atoms with Gasteiger partial charge in [0.2, 0.25) is 5.91 Å². The number of hydrogen-bond acceptors (Lipinski definition) is 3. The number of benzene rings is 1. The van der Waals surface area contributed by atoms with Gasteiger partial charge in [-0.25, -0.2) is 4.99 Å². The molecule has 1 aromatic carbocycles. The van der Waals surface area contributed by atoms with E-state index in [0.29, 0.717) is 11.6 Å². The third-order valence-electron chi connectivity index (χ3n) is 4.56. The minimum atomic E-state index is -0.184. The number of nitrogens with zero attached hydrogens (tertiary/aromatic N) is 2. The maximum Gasteiger partial charge on any atom is 0.246 e. The average molecular weight is 514 g/mol. The van der Waals surface area contributed by atoms with Crippen LogP contribution in [-0.4, -0.2) is 36.5 Å². The molecule has 0 aliphatic heterocycles. The highest BCUT2D eigenvalue weighted by atomic mass is 127. The summed E-state index contributed by atoms with van der Waals surface area (Å²) in [5.74, 6) is 0.448. The molecule has 1 aromatic heterocycles. The summed E-state index contributed by atoms with van der Waals surface area (Å²) in [7, 11) is 0. The molecule has 0 bridgehead atoms. The fourth-order valence-corrected chi connectivity index (χ4v) is 3.11. The Morgan fingerprint density at radius 3 is 2.71 bits per heavy atom. The molecule has 0 radical (unpaired) electrons. The van der Waals surface area contributed by atoms with Crippen molar-refractivity contribution < 1.29 is 4.79 Å². The summed E-state index contributed by atoms with van der Waals surface area (Å²) in [5.41, 5.74) is 2.00. The lowest BCUT2D eigenvalue weighted by molar-refractivity contribution is -0.114. The van der Waals surface area contributed by atoms with Crippen molar-refractivity contribution in [1.82, 2.24) is 15.6 Å². The number of aliphatic imine (C=N–C) groups is 1. The van der Waals surface area contributed by atoms with Gasteiger partial charge in [0.15, 0.2) is 5.96 Å². The first-order chi connectivity index (χ1) is 13.1. The van der Waals surface area contributed by atoms with Crippen LogP contribution in [-0.2, 0) is 10.2 Å². The van der Waals surface area contributed by atoms with Gasteiger partial charge in [0.25, 0.3) is 0 Å². The van der Waals surface area contributed by atoms with Crippen LogP contribution in [0.2, 0.25) is 5.02 Å². The Bertz CT molecular complexity index is 811. The van der Waals surface area contributed by atoms with Gasteiger partial charge in [0.05, 0.1) is 11.9 Å². The van der Waals surface area contributed by atoms with Crippen molar-refractivity contribution in [1.29, 1.82) is 0 Å². The molecule has 0 unspecified atom stereocenters. The smallest absolute Gasteiger partial charge is 0.246 e. The number of rotatable bonds is 7. The Kier molecular flexibility index (Phi) is 8.50. The Labute approximate surface area is 187 Å². The number of carbonyl (C=O) groups is 1. The number of anilines is 1. The molecule has 3 N–H and O–H groups in total. The monoisotopic (exact) mass is 513 g/mol. The number of amides is 1. The molecule has 1 amide bonds. The number of halogens is 2. The molecule has 28 heavy (non-hydrogen) atoms. The number of hydrogen-bond donors (Lipinski definition) is 3. The highest BCUT2D eigenvalue weighted by Gasteiger charge is 2.44. The third kappa shape index (κ3) is 6.34. The summed E-state index contributed by atoms with van der Waals surface area (Å²) in [6.45, 7) is 3.51. The lowest BCUT2D eigenvalue weighted by Gasteiger charge is -2.19. The van der Waals surface area contributed by atoms with E-state index in [1.807, 2.05) is 25.1 Å². The van der Waals surface area contributed by atoms with E-state index in [1.54, 1.807) is 24.5 Å². The van der Waals surface area contributed by atoms with Crippen molar-refractivity contribution in [2.75, 3.05) is 25.0 Å². The van der Waals surface area contributed by atoms with Gasteiger partial charge in [-0.3, -0.25) is 9.78 Å². The molecule has 1 heterocycles. The van der Waals surface area contributed by atoms with Crippen LogP contribution in [0.1, 0.15) is 25.3 Å². The Morgan fingerprint density at radius 1 is 1.25 bits per heavy atom. The van der Waals surface area contributed by atoms with Gasteiger partial charge < -0.3 is 16.0 Å². The van der Waals surface area contributed by atoms with E-state index in [4.69, 9.17) is 11.6 Å². The molecule has 150 valence electrons. The summed E-state index contributed by atoms with van der Waals surface area (Å²) < 4.78 is 0. The molecule has 3 rings (SSSR count). The first-order valence-electron chi connectivity index (χ1n) is 9.09. The topological polar surface area (TPSA) is 78.4 Å². The third-order valence-corrected chi connectivity index (χ3v) is 4.79. The standard InChI is InChI=1S/C20H24ClN5O.HI/c1-2-23-19(24-13-18(27)26-17-7-4-10-22-12-17)25-14-20(8-9-20)15-5-3-6-16(21)11-15;/h3-7,10-12H,2,8-9,13-14H2,1H3,(H,26,27)(H2,23,24,25);1H. The summed E-state index contributed by atoms with van der Waals surface area (Å²) in [5, 5.41) is 10.1. The number of guanidine groups is 1. The second kappa shape index (κ2) is 10.6. The van der Waals surface area contributed by atoms with Crippen molar-refractivity contribution >= 4 is 53.1 Å². The lowest BCUT2D eigenvalue weighted by Crippen LogP contribution is -2.41. The van der Waals surface area contributed by atoms with Gasteiger partial charge in [0, 0.05) is 29.7 Å². The zero-order valence-electron chi connectivity index (χ0n) is 15.7. The van der Waals surface area contributed by atoms with Crippen LogP contribution in [0, 0.1) is 0 Å². The van der Waals surface area contributed by atoms with Crippen molar-refractivity contribution in [3.8, 4) is 0 Å². The van der Waals surface area contributed by atoms with Crippen LogP contribution >= 0.6 is 35.6 Å². The molecule has 1 saturated carbocycles. The minimum Gasteiger partial charge on any atom is -0.357 e. The van der Waals surface area contributed by atoms with Crippen molar-refractivity contribution in [2.24, 2.45) is 4.99 Å². The van der Waals surface area contributed by atoms with Crippen LogP contribution in [0.4, 0.5) is 5.69 Å². The summed E-state index contributed by atoms with van der Waals surface area (Å²) in [6, 6.07) is 11.6. The number of nitrogens with one attached hydrogen (secondary N) is 3. The molecular formula is C20H25ClIN5O. The second-order valence-electron chi connectivity index (χ2n) is 6.63. The van der Waals surface area contributed by atoms with E-state index in [-0.39, 0.29) is 41.8 Å². The highest BCUT2D eigenvalue weighted by Crippen LogP contribution is 2.48. The van der Waals surface area contributed by atoms with E-state index in [0.717, 1.165) is 31.0 Å². The maximum atomic E-state index is 12.1. The fourth-order valence-electron chi connectivity index (χ4n) is 2.92. The normalized spacial score (nSPS) is 14.6. The van der Waals surface area contributed by atoms with E-state index >= 15 is 0 Å². The molecule has 0 atom stereocenters. The van der Waals surface area contributed by atoms with E-state index in [1.165, 1.54) is 5.56 Å². The summed E-state index contributed by atoms with van der Waals surface area (Å²) in [6.07, 6.45) is 5.49. The molecule has 0 saturated heterocycles. The lowest BCUT2D eigenvalue weighted by atomic mass is 9.96. The first-order valence-corrected chi connectivity index (χ1v) is 9.47. The van der Waals surface area contributed by atoms with Crippen LogP contribution < -0.4 is 16.0 Å². The van der Waals surface area contributed by atoms with Gasteiger partial charge in [-0.15, -0.1) is 24.0 Å². The van der Waals surface area contributed by atoms with Crippen LogP contribution in [0.3, 0.4) is 0 Å². The van der Waals surface area contributed by atoms with Gasteiger partial charge in [-0.05, 0) is 49.6 Å². The Morgan fingerprint density at radius 2 is 2.07 bits per heavy atom. The molecule has 0 spiro atoms. The van der Waals surface area contributed by atoms with Crippen LogP contribution in [0.15, 0.2) is 53.8 Å². The first kappa shape index (κ1) is 22.4. The molecule has 1 aliphatic carbocycles. The molecule has 1 aliphatic rings. The molecule has 6 nitrogen and oxygen atoms in total. The predicted molar refractivity (Wildman–Crippen MR) is 125 cm³/mol. The van der Waals surface area contributed by atoms with E-state index < -0.39 is 0 Å². The summed E-state index contributed by atoms with van der Waals surface area (Å²) >= 11 is 6.14. The Hall–Kier alpha value is -1.87. The molecule has 8 heteroatoms. The average Bonchev–Trinajstić information content (AvgIpc) is 3.46. The maximum absolute atomic E-state index is 12.1. The zero-order chi connectivity index (χ0) is 19.1. The second-order valence-corrected chi connectivity index (χ2v) is 7.07. The molecular weight excluding hydrogens is 489 g/mol. The van der Waals surface area contributed by atoms with E-state index in [2.05, 4.69) is 32.0 Å². The Balaban J connectivity index is 0.00000280. The van der Waals surface area contributed by atoms with Gasteiger partial charge >= 0.3 is 0 Å². The quantitative estimate of drug-likeness (QED) is 0.300. The van der Waals surface area contributed by atoms with Gasteiger partial charge in [-0.1, -0.05) is 23.7 Å². The number of carbonyl (C=O) groups excluding carboxylic acids is 1. The van der Waals surface area contributed by atoms with Gasteiger partial charge in [-0.2, -0.15) is 0 Å². The van der Waals surface area contributed by atoms with Crippen LogP contribution in [0.25, 0.3) is 0 Å². The van der Waals surface area contributed by atoms with Gasteiger partial charge in [0.1, 0.15) is 6.54 Å². The SMILES string of the molecule is CCNC(=NCC(=O)Nc1cccnc1)NCC1(c2cccc(Cl)c2)CC1.I. The highest BCUT2D eigenvalue weighted by molar-refractivity contribution is 14.0. The van der Waals surface area contributed by atoms with Crippen molar-refractivity contribution in [3.05, 3.63) is 59.4 Å². The predicted octanol–water partition coefficient (Wildman–Crippen LogP) is 3.58. The van der Waals surface area contributed by atoms with Crippen molar-refractivity contribution in [2.45, 2.75) is 25.2 Å². The minimum absolute atomic E-state index is 0. The largest absolute Gasteiger partial charge is 0.357 e. The number of pyridine rings is 1.